The number of rotatable bonds is 3. The van der Waals surface area contributed by atoms with E-state index in [4.69, 9.17) is 17.0 Å². The van der Waals surface area contributed by atoms with Crippen molar-refractivity contribution < 1.29 is 14.6 Å². The quantitative estimate of drug-likeness (QED) is 0.455. The van der Waals surface area contributed by atoms with E-state index in [9.17, 15) is 9.90 Å². The molecule has 3 rings (SSSR count). The van der Waals surface area contributed by atoms with Gasteiger partial charge in [0.25, 0.3) is 5.91 Å². The molecule has 0 spiro atoms. The monoisotopic (exact) mass is 499 g/mol. The number of aromatic hydroxyl groups is 1. The van der Waals surface area contributed by atoms with Gasteiger partial charge in [0.05, 0.1) is 17.7 Å². The maximum absolute atomic E-state index is 12.8. The third-order valence-electron chi connectivity index (χ3n) is 3.44. The number of thioether (sulfide) groups is 1. The van der Waals surface area contributed by atoms with Gasteiger partial charge in [0.15, 0.2) is 15.8 Å². The summed E-state index contributed by atoms with van der Waals surface area (Å²) in [4.78, 5) is 14.8. The van der Waals surface area contributed by atoms with E-state index in [2.05, 4.69) is 31.9 Å². The van der Waals surface area contributed by atoms with Gasteiger partial charge in [-0.05, 0) is 42.0 Å². The molecule has 1 heterocycles. The highest BCUT2D eigenvalue weighted by atomic mass is 79.9. The minimum absolute atomic E-state index is 0.0215. The number of amides is 1. The number of hydrogen-bond donors (Lipinski definition) is 1. The molecule has 0 saturated carbocycles. The van der Waals surface area contributed by atoms with E-state index in [0.29, 0.717) is 30.7 Å². The molecule has 8 heteroatoms. The summed E-state index contributed by atoms with van der Waals surface area (Å²) in [5, 5.41) is 9.81. The molecule has 1 N–H and O–H groups in total. The van der Waals surface area contributed by atoms with Crippen molar-refractivity contribution in [2.75, 3.05) is 12.0 Å². The van der Waals surface area contributed by atoms with Crippen LogP contribution in [0.4, 0.5) is 5.69 Å². The van der Waals surface area contributed by atoms with Crippen LogP contribution in [0.2, 0.25) is 0 Å². The van der Waals surface area contributed by atoms with E-state index in [1.165, 1.54) is 29.8 Å². The summed E-state index contributed by atoms with van der Waals surface area (Å²) < 4.78 is 7.11. The number of carbonyl (C=O) groups is 1. The molecule has 0 bridgehead atoms. The predicted octanol–water partition coefficient (Wildman–Crippen LogP) is 5.33. The standard InChI is InChI=1S/C17H11Br2NO3S2/c1-23-14-5-9(12(19)8-13(14)21)6-15-16(22)20(17(24)25-15)11-4-2-3-10(18)7-11/h2-8,21H,1H3. The first-order chi connectivity index (χ1) is 11.9. The van der Waals surface area contributed by atoms with Crippen molar-refractivity contribution in [2.45, 2.75) is 0 Å². The molecule has 0 aliphatic carbocycles. The zero-order valence-electron chi connectivity index (χ0n) is 12.8. The fourth-order valence-corrected chi connectivity index (χ4v) is 4.40. The molecule has 2 aromatic carbocycles. The Morgan fingerprint density at radius 1 is 1.28 bits per heavy atom. The van der Waals surface area contributed by atoms with Crippen molar-refractivity contribution >= 4 is 77.8 Å². The Morgan fingerprint density at radius 2 is 2.04 bits per heavy atom. The molecule has 1 aliphatic heterocycles. The summed E-state index contributed by atoms with van der Waals surface area (Å²) >= 11 is 13.4. The van der Waals surface area contributed by atoms with Gasteiger partial charge in [0.1, 0.15) is 0 Å². The van der Waals surface area contributed by atoms with Crippen molar-refractivity contribution in [3.8, 4) is 11.5 Å². The number of halogens is 2. The topological polar surface area (TPSA) is 49.8 Å². The summed E-state index contributed by atoms with van der Waals surface area (Å²) in [6.07, 6.45) is 1.73. The number of ether oxygens (including phenoxy) is 1. The van der Waals surface area contributed by atoms with Crippen LogP contribution in [0.3, 0.4) is 0 Å². The van der Waals surface area contributed by atoms with Crippen LogP contribution in [0.25, 0.3) is 6.08 Å². The molecule has 0 aromatic heterocycles. The van der Waals surface area contributed by atoms with Crippen molar-refractivity contribution in [1.82, 2.24) is 0 Å². The average molecular weight is 501 g/mol. The number of carbonyl (C=O) groups excluding carboxylic acids is 1. The van der Waals surface area contributed by atoms with Gasteiger partial charge in [-0.25, -0.2) is 0 Å². The molecular weight excluding hydrogens is 490 g/mol. The number of methoxy groups -OCH3 is 1. The SMILES string of the molecule is COc1cc(C=C2SC(=S)N(c3cccc(Br)c3)C2=O)c(Br)cc1O. The van der Waals surface area contributed by atoms with Gasteiger partial charge < -0.3 is 9.84 Å². The van der Waals surface area contributed by atoms with Crippen LogP contribution in [0, 0.1) is 0 Å². The molecule has 128 valence electrons. The minimum atomic E-state index is -0.188. The number of anilines is 1. The van der Waals surface area contributed by atoms with E-state index < -0.39 is 0 Å². The summed E-state index contributed by atoms with van der Waals surface area (Å²) in [5.41, 5.74) is 1.42. The van der Waals surface area contributed by atoms with Crippen LogP contribution in [0.5, 0.6) is 11.5 Å². The highest BCUT2D eigenvalue weighted by molar-refractivity contribution is 9.10. The zero-order chi connectivity index (χ0) is 18.1. The summed E-state index contributed by atoms with van der Waals surface area (Å²) in [6.45, 7) is 0. The average Bonchev–Trinajstić information content (AvgIpc) is 2.84. The summed E-state index contributed by atoms with van der Waals surface area (Å²) in [5.74, 6) is 0.164. The molecular formula is C17H11Br2NO3S2. The first-order valence-electron chi connectivity index (χ1n) is 7.00. The number of hydrogen-bond acceptors (Lipinski definition) is 5. The van der Waals surface area contributed by atoms with Gasteiger partial charge >= 0.3 is 0 Å². The lowest BCUT2D eigenvalue weighted by atomic mass is 10.2. The van der Waals surface area contributed by atoms with Crippen LogP contribution < -0.4 is 9.64 Å². The Bertz CT molecular complexity index is 915. The number of benzene rings is 2. The summed E-state index contributed by atoms with van der Waals surface area (Å²) in [6, 6.07) is 10.6. The number of nitrogens with zero attached hydrogens (tertiary/aromatic N) is 1. The molecule has 1 saturated heterocycles. The molecule has 1 amide bonds. The van der Waals surface area contributed by atoms with Crippen molar-refractivity contribution in [3.05, 3.63) is 55.8 Å². The van der Waals surface area contributed by atoms with Gasteiger partial charge in [-0.15, -0.1) is 0 Å². The second kappa shape index (κ2) is 7.49. The smallest absolute Gasteiger partial charge is 0.270 e. The molecule has 4 nitrogen and oxygen atoms in total. The zero-order valence-corrected chi connectivity index (χ0v) is 17.6. The summed E-state index contributed by atoms with van der Waals surface area (Å²) in [7, 11) is 1.47. The molecule has 25 heavy (non-hydrogen) atoms. The highest BCUT2D eigenvalue weighted by Gasteiger charge is 2.33. The lowest BCUT2D eigenvalue weighted by Crippen LogP contribution is -2.27. The van der Waals surface area contributed by atoms with Crippen LogP contribution in [0.1, 0.15) is 5.56 Å². The predicted molar refractivity (Wildman–Crippen MR) is 112 cm³/mol. The second-order valence-corrected chi connectivity index (χ2v) is 8.49. The van der Waals surface area contributed by atoms with Gasteiger partial charge in [-0.2, -0.15) is 0 Å². The maximum Gasteiger partial charge on any atom is 0.270 e. The molecule has 0 atom stereocenters. The van der Waals surface area contributed by atoms with Crippen molar-refractivity contribution in [2.24, 2.45) is 0 Å². The molecule has 0 radical (unpaired) electrons. The molecule has 0 unspecified atom stereocenters. The Balaban J connectivity index is 1.99. The van der Waals surface area contributed by atoms with Gasteiger partial charge in [-0.1, -0.05) is 61.9 Å². The number of phenolic OH excluding ortho intramolecular Hbond substituents is 1. The Kier molecular flexibility index (Phi) is 5.52. The highest BCUT2D eigenvalue weighted by Crippen LogP contribution is 2.39. The molecule has 1 fully saturated rings. The lowest BCUT2D eigenvalue weighted by Gasteiger charge is -2.14. The van der Waals surface area contributed by atoms with Crippen molar-refractivity contribution in [1.29, 1.82) is 0 Å². The van der Waals surface area contributed by atoms with Crippen LogP contribution in [-0.4, -0.2) is 22.4 Å². The van der Waals surface area contributed by atoms with E-state index >= 15 is 0 Å². The Morgan fingerprint density at radius 3 is 2.72 bits per heavy atom. The largest absolute Gasteiger partial charge is 0.504 e. The van der Waals surface area contributed by atoms with Gasteiger partial charge in [0, 0.05) is 8.95 Å². The van der Waals surface area contributed by atoms with Crippen molar-refractivity contribution in [3.63, 3.8) is 0 Å². The second-order valence-electron chi connectivity index (χ2n) is 5.04. The fourth-order valence-electron chi connectivity index (χ4n) is 2.28. The fraction of sp³-hybridized carbons (Fsp3) is 0.0588. The van der Waals surface area contributed by atoms with Gasteiger partial charge in [-0.3, -0.25) is 9.69 Å². The maximum atomic E-state index is 12.8. The Labute approximate surface area is 171 Å². The van der Waals surface area contributed by atoms with Gasteiger partial charge in [0.2, 0.25) is 0 Å². The molecule has 2 aromatic rings. The lowest BCUT2D eigenvalue weighted by molar-refractivity contribution is -0.113. The number of thiocarbonyl (C=S) groups is 1. The first-order valence-corrected chi connectivity index (χ1v) is 9.82. The molecule has 1 aliphatic rings. The van der Waals surface area contributed by atoms with E-state index in [1.807, 2.05) is 24.3 Å². The van der Waals surface area contributed by atoms with Crippen LogP contribution >= 0.6 is 55.8 Å². The third-order valence-corrected chi connectivity index (χ3v) is 5.93. The van der Waals surface area contributed by atoms with E-state index in [0.717, 1.165) is 4.47 Å². The van der Waals surface area contributed by atoms with Crippen LogP contribution in [0.15, 0.2) is 50.2 Å². The number of phenols is 1. The van der Waals surface area contributed by atoms with E-state index in [1.54, 1.807) is 12.1 Å². The van der Waals surface area contributed by atoms with E-state index in [-0.39, 0.29) is 11.7 Å². The normalized spacial score (nSPS) is 16.0. The third kappa shape index (κ3) is 3.76. The van der Waals surface area contributed by atoms with Crippen LogP contribution in [-0.2, 0) is 4.79 Å². The minimum Gasteiger partial charge on any atom is -0.504 e. The Hall–Kier alpha value is -1.35. The first kappa shape index (κ1) is 18.4.